The van der Waals surface area contributed by atoms with E-state index in [1.807, 2.05) is 0 Å². The van der Waals surface area contributed by atoms with Crippen molar-refractivity contribution < 1.29 is 14.3 Å². The van der Waals surface area contributed by atoms with E-state index in [0.717, 1.165) is 6.42 Å². The lowest BCUT2D eigenvalue weighted by molar-refractivity contribution is 0.0147. The fourth-order valence-electron chi connectivity index (χ4n) is 2.53. The van der Waals surface area contributed by atoms with E-state index < -0.39 is 5.91 Å². The SMILES string of the molecule is NC(=O)c1ccc(O[C@@H]2CCOC[C@H]2Nc2ncccc2Cl)cc1. The highest BCUT2D eigenvalue weighted by Crippen LogP contribution is 2.24. The first-order valence-electron chi connectivity index (χ1n) is 7.65. The van der Waals surface area contributed by atoms with Crippen LogP contribution < -0.4 is 15.8 Å². The van der Waals surface area contributed by atoms with Gasteiger partial charge in [0.1, 0.15) is 17.7 Å². The van der Waals surface area contributed by atoms with Crippen molar-refractivity contribution in [1.29, 1.82) is 0 Å². The van der Waals surface area contributed by atoms with Gasteiger partial charge in [-0.25, -0.2) is 4.98 Å². The number of rotatable bonds is 5. The maximum absolute atomic E-state index is 11.1. The number of anilines is 1. The number of primary amides is 1. The Morgan fingerprint density at radius 3 is 2.83 bits per heavy atom. The van der Waals surface area contributed by atoms with Crippen LogP contribution in [0, 0.1) is 0 Å². The minimum absolute atomic E-state index is 0.0815. The molecule has 0 bridgehead atoms. The Hall–Kier alpha value is -2.31. The van der Waals surface area contributed by atoms with Crippen LogP contribution in [0.4, 0.5) is 5.82 Å². The van der Waals surface area contributed by atoms with E-state index in [-0.39, 0.29) is 12.1 Å². The number of nitrogens with one attached hydrogen (secondary N) is 1. The Morgan fingerprint density at radius 1 is 1.33 bits per heavy atom. The van der Waals surface area contributed by atoms with Crippen molar-refractivity contribution in [3.05, 3.63) is 53.2 Å². The summed E-state index contributed by atoms with van der Waals surface area (Å²) < 4.78 is 11.6. The third-order valence-corrected chi connectivity index (χ3v) is 4.10. The zero-order valence-electron chi connectivity index (χ0n) is 12.9. The largest absolute Gasteiger partial charge is 0.488 e. The minimum atomic E-state index is -0.461. The molecule has 1 amide bonds. The second kappa shape index (κ2) is 7.51. The summed E-state index contributed by atoms with van der Waals surface area (Å²) in [5.41, 5.74) is 5.69. The van der Waals surface area contributed by atoms with Gasteiger partial charge in [-0.15, -0.1) is 0 Å². The van der Waals surface area contributed by atoms with E-state index in [1.165, 1.54) is 0 Å². The van der Waals surface area contributed by atoms with Gasteiger partial charge in [0.2, 0.25) is 5.91 Å². The standard InChI is InChI=1S/C17H18ClN3O3/c18-13-2-1-8-20-17(13)21-14-10-23-9-7-15(14)24-12-5-3-11(4-6-12)16(19)22/h1-6,8,14-15H,7,9-10H2,(H2,19,22)(H,20,21)/t14-,15-/m1/s1. The molecule has 1 aromatic heterocycles. The van der Waals surface area contributed by atoms with E-state index in [1.54, 1.807) is 42.6 Å². The van der Waals surface area contributed by atoms with Crippen molar-refractivity contribution in [3.63, 3.8) is 0 Å². The molecule has 1 fully saturated rings. The molecule has 126 valence electrons. The van der Waals surface area contributed by atoms with Crippen LogP contribution in [0.15, 0.2) is 42.6 Å². The molecule has 24 heavy (non-hydrogen) atoms. The maximum Gasteiger partial charge on any atom is 0.248 e. The summed E-state index contributed by atoms with van der Waals surface area (Å²) >= 11 is 6.15. The highest BCUT2D eigenvalue weighted by Gasteiger charge is 2.28. The molecule has 1 aliphatic rings. The molecule has 1 aromatic carbocycles. The summed E-state index contributed by atoms with van der Waals surface area (Å²) in [7, 11) is 0. The van der Waals surface area contributed by atoms with Gasteiger partial charge in [0.25, 0.3) is 0 Å². The number of carbonyl (C=O) groups excluding carboxylic acids is 1. The number of aromatic nitrogens is 1. The molecule has 1 saturated heterocycles. The Bertz CT molecular complexity index is 708. The minimum Gasteiger partial charge on any atom is -0.488 e. The molecule has 7 heteroatoms. The molecule has 2 atom stereocenters. The number of amides is 1. The summed E-state index contributed by atoms with van der Waals surface area (Å²) in [6, 6.07) is 10.2. The summed E-state index contributed by atoms with van der Waals surface area (Å²) in [6.45, 7) is 1.12. The van der Waals surface area contributed by atoms with Gasteiger partial charge < -0.3 is 20.5 Å². The number of hydrogen-bond acceptors (Lipinski definition) is 5. The van der Waals surface area contributed by atoms with Crippen LogP contribution in [-0.4, -0.2) is 36.3 Å². The Labute approximate surface area is 144 Å². The summed E-state index contributed by atoms with van der Waals surface area (Å²) in [4.78, 5) is 15.4. The first-order valence-corrected chi connectivity index (χ1v) is 8.02. The first kappa shape index (κ1) is 16.5. The van der Waals surface area contributed by atoms with Crippen LogP contribution in [0.3, 0.4) is 0 Å². The molecular formula is C17H18ClN3O3. The van der Waals surface area contributed by atoms with E-state index in [9.17, 15) is 4.79 Å². The fraction of sp³-hybridized carbons (Fsp3) is 0.294. The maximum atomic E-state index is 11.1. The number of hydrogen-bond donors (Lipinski definition) is 2. The average Bonchev–Trinajstić information content (AvgIpc) is 2.59. The first-order chi connectivity index (χ1) is 11.6. The average molecular weight is 348 g/mol. The molecule has 0 radical (unpaired) electrons. The lowest BCUT2D eigenvalue weighted by atomic mass is 10.1. The molecule has 0 saturated carbocycles. The summed E-state index contributed by atoms with van der Waals surface area (Å²) in [6.07, 6.45) is 2.31. The molecular weight excluding hydrogens is 330 g/mol. The van der Waals surface area contributed by atoms with E-state index in [0.29, 0.717) is 35.4 Å². The van der Waals surface area contributed by atoms with Gasteiger partial charge in [-0.3, -0.25) is 4.79 Å². The second-order valence-corrected chi connectivity index (χ2v) is 5.90. The van der Waals surface area contributed by atoms with Gasteiger partial charge >= 0.3 is 0 Å². The number of benzene rings is 1. The third-order valence-electron chi connectivity index (χ3n) is 3.80. The number of nitrogens with zero attached hydrogens (tertiary/aromatic N) is 1. The van der Waals surface area contributed by atoms with Crippen molar-refractivity contribution in [2.24, 2.45) is 5.73 Å². The summed E-state index contributed by atoms with van der Waals surface area (Å²) in [5, 5.41) is 3.83. The molecule has 2 heterocycles. The van der Waals surface area contributed by atoms with Crippen molar-refractivity contribution in [2.45, 2.75) is 18.6 Å². The van der Waals surface area contributed by atoms with Gasteiger partial charge in [-0.2, -0.15) is 0 Å². The third kappa shape index (κ3) is 3.96. The highest BCUT2D eigenvalue weighted by molar-refractivity contribution is 6.32. The predicted molar refractivity (Wildman–Crippen MR) is 91.5 cm³/mol. The molecule has 0 spiro atoms. The van der Waals surface area contributed by atoms with Gasteiger partial charge in [0, 0.05) is 18.2 Å². The lowest BCUT2D eigenvalue weighted by Crippen LogP contribution is -2.45. The quantitative estimate of drug-likeness (QED) is 0.867. The molecule has 0 unspecified atom stereocenters. The lowest BCUT2D eigenvalue weighted by Gasteiger charge is -2.33. The fourth-order valence-corrected chi connectivity index (χ4v) is 2.71. The predicted octanol–water partition coefficient (Wildman–Crippen LogP) is 2.48. The number of pyridine rings is 1. The van der Waals surface area contributed by atoms with Gasteiger partial charge in [0.05, 0.1) is 24.3 Å². The zero-order chi connectivity index (χ0) is 16.9. The van der Waals surface area contributed by atoms with Gasteiger partial charge in [-0.1, -0.05) is 11.6 Å². The molecule has 1 aliphatic heterocycles. The number of ether oxygens (including phenoxy) is 2. The van der Waals surface area contributed by atoms with E-state index in [4.69, 9.17) is 26.8 Å². The van der Waals surface area contributed by atoms with Crippen molar-refractivity contribution >= 4 is 23.3 Å². The van der Waals surface area contributed by atoms with Crippen LogP contribution in [0.5, 0.6) is 5.75 Å². The number of nitrogens with two attached hydrogens (primary N) is 1. The van der Waals surface area contributed by atoms with Crippen LogP contribution in [0.1, 0.15) is 16.8 Å². The van der Waals surface area contributed by atoms with Crippen LogP contribution in [0.2, 0.25) is 5.02 Å². The van der Waals surface area contributed by atoms with Crippen molar-refractivity contribution in [1.82, 2.24) is 4.98 Å². The smallest absolute Gasteiger partial charge is 0.248 e. The van der Waals surface area contributed by atoms with Gasteiger partial charge in [0.15, 0.2) is 0 Å². The topological polar surface area (TPSA) is 86.5 Å². The van der Waals surface area contributed by atoms with Crippen LogP contribution >= 0.6 is 11.6 Å². The second-order valence-electron chi connectivity index (χ2n) is 5.49. The zero-order valence-corrected chi connectivity index (χ0v) is 13.7. The number of carbonyl (C=O) groups is 1. The van der Waals surface area contributed by atoms with Crippen LogP contribution in [0.25, 0.3) is 0 Å². The van der Waals surface area contributed by atoms with E-state index in [2.05, 4.69) is 10.3 Å². The molecule has 3 rings (SSSR count). The van der Waals surface area contributed by atoms with Crippen LogP contribution in [-0.2, 0) is 4.74 Å². The normalized spacial score (nSPS) is 20.4. The monoisotopic (exact) mass is 347 g/mol. The molecule has 2 aromatic rings. The summed E-state index contributed by atoms with van der Waals surface area (Å²) in [5.74, 6) is 0.815. The highest BCUT2D eigenvalue weighted by atomic mass is 35.5. The molecule has 3 N–H and O–H groups in total. The Balaban J connectivity index is 1.70. The Kier molecular flexibility index (Phi) is 5.17. The van der Waals surface area contributed by atoms with E-state index >= 15 is 0 Å². The molecule has 0 aliphatic carbocycles. The number of halogens is 1. The van der Waals surface area contributed by atoms with Crippen molar-refractivity contribution in [3.8, 4) is 5.75 Å². The van der Waals surface area contributed by atoms with Gasteiger partial charge in [-0.05, 0) is 36.4 Å². The molecule has 6 nitrogen and oxygen atoms in total. The Morgan fingerprint density at radius 2 is 2.12 bits per heavy atom. The van der Waals surface area contributed by atoms with Crippen molar-refractivity contribution in [2.75, 3.05) is 18.5 Å².